The van der Waals surface area contributed by atoms with Crippen LogP contribution in [0.4, 0.5) is 5.69 Å². The van der Waals surface area contributed by atoms with E-state index in [0.29, 0.717) is 6.04 Å². The summed E-state index contributed by atoms with van der Waals surface area (Å²) in [7, 11) is -1.94. The highest BCUT2D eigenvalue weighted by Crippen LogP contribution is 2.63. The van der Waals surface area contributed by atoms with Gasteiger partial charge in [-0.3, -0.25) is 0 Å². The van der Waals surface area contributed by atoms with Crippen molar-refractivity contribution in [1.82, 2.24) is 4.72 Å². The third kappa shape index (κ3) is 2.25. The van der Waals surface area contributed by atoms with Crippen LogP contribution < -0.4 is 10.0 Å². The Bertz CT molecular complexity index is 560. The van der Waals surface area contributed by atoms with Crippen molar-refractivity contribution < 1.29 is 8.42 Å². The fourth-order valence-corrected chi connectivity index (χ4v) is 3.30. The monoisotopic (exact) mass is 282 g/mol. The molecule has 1 fully saturated rings. The first-order chi connectivity index (χ1) is 8.63. The van der Waals surface area contributed by atoms with Gasteiger partial charge in [-0.05, 0) is 42.1 Å². The molecule has 0 spiro atoms. The molecular weight excluding hydrogens is 260 g/mol. The minimum absolute atomic E-state index is 0.253. The molecule has 0 bridgehead atoms. The summed E-state index contributed by atoms with van der Waals surface area (Å²) in [5, 5.41) is 3.48. The van der Waals surface area contributed by atoms with E-state index in [4.69, 9.17) is 0 Å². The van der Waals surface area contributed by atoms with Crippen molar-refractivity contribution in [3.05, 3.63) is 24.3 Å². The van der Waals surface area contributed by atoms with Crippen molar-refractivity contribution in [2.75, 3.05) is 12.4 Å². The summed E-state index contributed by atoms with van der Waals surface area (Å²) in [4.78, 5) is 0.287. The molecule has 19 heavy (non-hydrogen) atoms. The number of rotatable bonds is 4. The average molecular weight is 282 g/mol. The van der Waals surface area contributed by atoms with Gasteiger partial charge in [0.15, 0.2) is 0 Å². The minimum Gasteiger partial charge on any atom is -0.381 e. The van der Waals surface area contributed by atoms with Gasteiger partial charge in [0.05, 0.1) is 4.90 Å². The summed E-state index contributed by atoms with van der Waals surface area (Å²) in [5.41, 5.74) is 1.46. The van der Waals surface area contributed by atoms with Crippen molar-refractivity contribution in [1.29, 1.82) is 0 Å². The van der Waals surface area contributed by atoms with Crippen LogP contribution >= 0.6 is 0 Å². The number of sulfonamides is 1. The Balaban J connectivity index is 2.14. The first-order valence-electron chi connectivity index (χ1n) is 6.43. The van der Waals surface area contributed by atoms with E-state index in [0.717, 1.165) is 5.69 Å². The Hall–Kier alpha value is -1.07. The van der Waals surface area contributed by atoms with Crippen molar-refractivity contribution in [2.24, 2.45) is 10.8 Å². The molecule has 2 rings (SSSR count). The van der Waals surface area contributed by atoms with Crippen molar-refractivity contribution in [3.63, 3.8) is 0 Å². The second kappa shape index (κ2) is 4.21. The maximum absolute atomic E-state index is 11.6. The molecule has 4 nitrogen and oxygen atoms in total. The molecule has 0 radical (unpaired) electrons. The Kier molecular flexibility index (Phi) is 3.18. The van der Waals surface area contributed by atoms with Gasteiger partial charge >= 0.3 is 0 Å². The number of hydrogen-bond donors (Lipinski definition) is 2. The van der Waals surface area contributed by atoms with E-state index in [2.05, 4.69) is 37.7 Å². The van der Waals surface area contributed by atoms with Gasteiger partial charge < -0.3 is 5.32 Å². The van der Waals surface area contributed by atoms with Gasteiger partial charge in [0.2, 0.25) is 10.0 Å². The summed E-state index contributed by atoms with van der Waals surface area (Å²) in [5.74, 6) is 0. The molecular formula is C14H22N2O2S. The molecule has 0 aliphatic heterocycles. The SMILES string of the molecule is CNS(=O)(=O)c1ccc(NC2C(C)(C)C2(C)C)cc1. The summed E-state index contributed by atoms with van der Waals surface area (Å²) < 4.78 is 25.6. The molecule has 106 valence electrons. The lowest BCUT2D eigenvalue weighted by atomic mass is 10.0. The van der Waals surface area contributed by atoms with E-state index < -0.39 is 10.0 Å². The molecule has 0 saturated heterocycles. The number of benzene rings is 1. The highest BCUT2D eigenvalue weighted by atomic mass is 32.2. The van der Waals surface area contributed by atoms with Gasteiger partial charge in [-0.15, -0.1) is 0 Å². The molecule has 2 N–H and O–H groups in total. The predicted molar refractivity (Wildman–Crippen MR) is 77.7 cm³/mol. The van der Waals surface area contributed by atoms with Gasteiger partial charge in [-0.1, -0.05) is 27.7 Å². The summed E-state index contributed by atoms with van der Waals surface area (Å²) in [6, 6.07) is 7.28. The Morgan fingerprint density at radius 1 is 1.00 bits per heavy atom. The van der Waals surface area contributed by atoms with Crippen LogP contribution in [0.1, 0.15) is 27.7 Å². The van der Waals surface area contributed by atoms with Crippen LogP contribution in [-0.4, -0.2) is 21.5 Å². The van der Waals surface area contributed by atoms with E-state index in [-0.39, 0.29) is 15.7 Å². The first kappa shape index (κ1) is 14.3. The average Bonchev–Trinajstić information content (AvgIpc) is 2.72. The smallest absolute Gasteiger partial charge is 0.240 e. The standard InChI is InChI=1S/C14H22N2O2S/c1-13(2)12(14(13,3)4)16-10-6-8-11(9-7-10)19(17,18)15-5/h6-9,12,15-16H,1-5H3. The second-order valence-corrected chi connectivity index (χ2v) is 8.14. The van der Waals surface area contributed by atoms with Crippen LogP contribution in [0.2, 0.25) is 0 Å². The van der Waals surface area contributed by atoms with Crippen molar-refractivity contribution in [3.8, 4) is 0 Å². The van der Waals surface area contributed by atoms with Crippen LogP contribution in [0.3, 0.4) is 0 Å². The van der Waals surface area contributed by atoms with E-state index in [1.807, 2.05) is 12.1 Å². The zero-order valence-electron chi connectivity index (χ0n) is 12.1. The quantitative estimate of drug-likeness (QED) is 0.892. The van der Waals surface area contributed by atoms with E-state index in [9.17, 15) is 8.42 Å². The van der Waals surface area contributed by atoms with Gasteiger partial charge in [-0.25, -0.2) is 13.1 Å². The lowest BCUT2D eigenvalue weighted by Crippen LogP contribution is -2.18. The molecule has 0 aromatic heterocycles. The lowest BCUT2D eigenvalue weighted by molar-refractivity contribution is 0.457. The third-order valence-corrected chi connectivity index (χ3v) is 6.20. The zero-order valence-corrected chi connectivity index (χ0v) is 12.9. The zero-order chi connectivity index (χ0) is 14.5. The van der Waals surface area contributed by atoms with Crippen molar-refractivity contribution in [2.45, 2.75) is 38.6 Å². The van der Waals surface area contributed by atoms with Crippen LogP contribution in [0.25, 0.3) is 0 Å². The van der Waals surface area contributed by atoms with Gasteiger partial charge in [0.25, 0.3) is 0 Å². The minimum atomic E-state index is -3.35. The molecule has 1 saturated carbocycles. The van der Waals surface area contributed by atoms with Crippen LogP contribution in [0.5, 0.6) is 0 Å². The first-order valence-corrected chi connectivity index (χ1v) is 7.91. The normalized spacial score (nSPS) is 21.1. The third-order valence-electron chi connectivity index (χ3n) is 4.77. The fraction of sp³-hybridized carbons (Fsp3) is 0.571. The molecule has 0 atom stereocenters. The van der Waals surface area contributed by atoms with Crippen LogP contribution in [0, 0.1) is 10.8 Å². The molecule has 0 amide bonds. The highest BCUT2D eigenvalue weighted by molar-refractivity contribution is 7.89. The summed E-state index contributed by atoms with van der Waals surface area (Å²) in [6.45, 7) is 8.96. The molecule has 0 unspecified atom stereocenters. The van der Waals surface area contributed by atoms with Crippen molar-refractivity contribution >= 4 is 15.7 Å². The largest absolute Gasteiger partial charge is 0.381 e. The Morgan fingerprint density at radius 2 is 1.47 bits per heavy atom. The molecule has 5 heteroatoms. The maximum Gasteiger partial charge on any atom is 0.240 e. The van der Waals surface area contributed by atoms with Gasteiger partial charge in [0, 0.05) is 11.7 Å². The molecule has 1 aromatic rings. The topological polar surface area (TPSA) is 58.2 Å². The highest BCUT2D eigenvalue weighted by Gasteiger charge is 2.64. The molecule has 1 aliphatic carbocycles. The second-order valence-electron chi connectivity index (χ2n) is 6.25. The van der Waals surface area contributed by atoms with E-state index in [1.165, 1.54) is 7.05 Å². The fourth-order valence-electron chi connectivity index (χ4n) is 2.57. The van der Waals surface area contributed by atoms with E-state index >= 15 is 0 Å². The van der Waals surface area contributed by atoms with E-state index in [1.54, 1.807) is 12.1 Å². The van der Waals surface area contributed by atoms with Gasteiger partial charge in [-0.2, -0.15) is 0 Å². The molecule has 1 aliphatic rings. The van der Waals surface area contributed by atoms with Crippen LogP contribution in [-0.2, 0) is 10.0 Å². The summed E-state index contributed by atoms with van der Waals surface area (Å²) in [6.07, 6.45) is 0. The Labute approximate surface area is 115 Å². The number of hydrogen-bond acceptors (Lipinski definition) is 3. The lowest BCUT2D eigenvalue weighted by Gasteiger charge is -2.09. The van der Waals surface area contributed by atoms with Crippen LogP contribution in [0.15, 0.2) is 29.2 Å². The molecule has 1 aromatic carbocycles. The summed E-state index contributed by atoms with van der Waals surface area (Å²) >= 11 is 0. The maximum atomic E-state index is 11.6. The number of nitrogens with one attached hydrogen (secondary N) is 2. The Morgan fingerprint density at radius 3 is 1.84 bits per heavy atom. The number of anilines is 1. The molecule has 0 heterocycles. The van der Waals surface area contributed by atoms with Gasteiger partial charge in [0.1, 0.15) is 0 Å². The predicted octanol–water partition coefficient (Wildman–Crippen LogP) is 2.44.